The Balaban J connectivity index is 1.54. The van der Waals surface area contributed by atoms with Crippen LogP contribution in [-0.4, -0.2) is 31.9 Å². The lowest BCUT2D eigenvalue weighted by molar-refractivity contribution is -0.156. The van der Waals surface area contributed by atoms with E-state index >= 15 is 0 Å². The van der Waals surface area contributed by atoms with Gasteiger partial charge < -0.3 is 14.2 Å². The van der Waals surface area contributed by atoms with Crippen LogP contribution < -0.4 is 4.74 Å². The molecule has 0 aromatic heterocycles. The Morgan fingerprint density at radius 2 is 1.50 bits per heavy atom. The maximum atomic E-state index is 12.0. The summed E-state index contributed by atoms with van der Waals surface area (Å²) in [7, 11) is 0. The van der Waals surface area contributed by atoms with Gasteiger partial charge in [-0.1, -0.05) is 64.5 Å². The van der Waals surface area contributed by atoms with Crippen LogP contribution in [0.3, 0.4) is 0 Å². The fourth-order valence-corrected chi connectivity index (χ4v) is 3.80. The minimum atomic E-state index is -0.586. The van der Waals surface area contributed by atoms with E-state index in [2.05, 4.69) is 77.5 Å². The number of rotatable bonds is 11. The van der Waals surface area contributed by atoms with Crippen LogP contribution >= 0.6 is 15.9 Å². The number of carbonyl (C=O) groups is 1. The predicted octanol–water partition coefficient (Wildman–Crippen LogP) is 7.11. The van der Waals surface area contributed by atoms with E-state index in [9.17, 15) is 4.79 Å². The Kier molecular flexibility index (Phi) is 9.92. The number of benzene rings is 3. The quantitative estimate of drug-likeness (QED) is 0.251. The number of allylic oxidation sites excluding steroid dienone is 1. The van der Waals surface area contributed by atoms with E-state index in [0.717, 1.165) is 21.4 Å². The molecule has 0 fully saturated rings. The second-order valence-corrected chi connectivity index (χ2v) is 8.74. The Morgan fingerprint density at radius 1 is 0.882 bits per heavy atom. The Bertz CT molecular complexity index is 1070. The molecule has 0 unspecified atom stereocenters. The van der Waals surface area contributed by atoms with Crippen LogP contribution in [0.1, 0.15) is 31.9 Å². The van der Waals surface area contributed by atoms with Gasteiger partial charge in [-0.2, -0.15) is 0 Å². The van der Waals surface area contributed by atoms with Gasteiger partial charge in [0.1, 0.15) is 12.4 Å². The zero-order valence-electron chi connectivity index (χ0n) is 19.9. The average molecular weight is 523 g/mol. The van der Waals surface area contributed by atoms with Gasteiger partial charge in [0.05, 0.1) is 6.61 Å². The third kappa shape index (κ3) is 7.57. The molecule has 0 aliphatic heterocycles. The fraction of sp³-hybridized carbons (Fsp3) is 0.276. The third-order valence-corrected chi connectivity index (χ3v) is 5.95. The maximum absolute atomic E-state index is 12.0. The predicted molar refractivity (Wildman–Crippen MR) is 141 cm³/mol. The number of carbonyl (C=O) groups excluding carboxylic acids is 1. The summed E-state index contributed by atoms with van der Waals surface area (Å²) in [6.45, 7) is 7.03. The van der Waals surface area contributed by atoms with Crippen LogP contribution in [0.4, 0.5) is 0 Å². The molecule has 0 heterocycles. The van der Waals surface area contributed by atoms with E-state index in [1.165, 1.54) is 16.7 Å². The number of hydrogen-bond acceptors (Lipinski definition) is 4. The first-order valence-corrected chi connectivity index (χ1v) is 12.3. The molecule has 1 atom stereocenters. The van der Waals surface area contributed by atoms with Crippen molar-refractivity contribution in [3.8, 4) is 16.9 Å². The monoisotopic (exact) mass is 522 g/mol. The molecule has 0 saturated heterocycles. The molecule has 178 valence electrons. The second-order valence-electron chi connectivity index (χ2n) is 7.83. The minimum absolute atomic E-state index is 0.324. The Hall–Kier alpha value is -2.89. The Morgan fingerprint density at radius 3 is 2.09 bits per heavy atom. The number of ether oxygens (including phenoxy) is 3. The number of halogens is 1. The van der Waals surface area contributed by atoms with Gasteiger partial charge in [0.25, 0.3) is 0 Å². The SMILES string of the molecule is CCOC(=O)[C@H](Cc1ccc(OC/C=C(/C)c2ccc(-c3ccc(Br)cc3)cc2)cc1)OCC. The summed E-state index contributed by atoms with van der Waals surface area (Å²) in [6, 6.07) is 24.6. The van der Waals surface area contributed by atoms with Crippen LogP contribution in [0, 0.1) is 0 Å². The third-order valence-electron chi connectivity index (χ3n) is 5.42. The van der Waals surface area contributed by atoms with Crippen molar-refractivity contribution in [3.05, 3.63) is 94.5 Å². The van der Waals surface area contributed by atoms with Crippen molar-refractivity contribution in [2.45, 2.75) is 33.3 Å². The first-order chi connectivity index (χ1) is 16.5. The number of hydrogen-bond donors (Lipinski definition) is 0. The van der Waals surface area contributed by atoms with Gasteiger partial charge in [0, 0.05) is 17.5 Å². The molecule has 0 aliphatic carbocycles. The Labute approximate surface area is 210 Å². The van der Waals surface area contributed by atoms with Crippen LogP contribution in [0.2, 0.25) is 0 Å². The first kappa shape index (κ1) is 25.7. The van der Waals surface area contributed by atoms with Gasteiger partial charge >= 0.3 is 5.97 Å². The van der Waals surface area contributed by atoms with Crippen LogP contribution in [-0.2, 0) is 20.7 Å². The minimum Gasteiger partial charge on any atom is -0.490 e. The molecule has 0 saturated carbocycles. The topological polar surface area (TPSA) is 44.8 Å². The summed E-state index contributed by atoms with van der Waals surface area (Å²) in [5.41, 5.74) is 5.71. The molecule has 5 heteroatoms. The summed E-state index contributed by atoms with van der Waals surface area (Å²) >= 11 is 3.48. The molecule has 3 aromatic rings. The molecule has 0 radical (unpaired) electrons. The normalized spacial score (nSPS) is 12.3. The van der Waals surface area contributed by atoms with Crippen molar-refractivity contribution in [2.24, 2.45) is 0 Å². The maximum Gasteiger partial charge on any atom is 0.335 e. The summed E-state index contributed by atoms with van der Waals surface area (Å²) < 4.78 is 17.6. The zero-order chi connectivity index (χ0) is 24.3. The molecule has 3 rings (SSSR count). The van der Waals surface area contributed by atoms with Gasteiger partial charge in [0.2, 0.25) is 0 Å². The van der Waals surface area contributed by atoms with Gasteiger partial charge in [0.15, 0.2) is 6.10 Å². The van der Waals surface area contributed by atoms with E-state index in [1.807, 2.05) is 31.2 Å². The lowest BCUT2D eigenvalue weighted by Gasteiger charge is -2.15. The molecule has 34 heavy (non-hydrogen) atoms. The molecule has 4 nitrogen and oxygen atoms in total. The van der Waals surface area contributed by atoms with Crippen molar-refractivity contribution >= 4 is 27.5 Å². The van der Waals surface area contributed by atoms with E-state index in [-0.39, 0.29) is 5.97 Å². The van der Waals surface area contributed by atoms with Crippen LogP contribution in [0.5, 0.6) is 5.75 Å². The zero-order valence-corrected chi connectivity index (χ0v) is 21.5. The number of esters is 1. The molecule has 3 aromatic carbocycles. The molecule has 0 amide bonds. The van der Waals surface area contributed by atoms with E-state index in [4.69, 9.17) is 14.2 Å². The first-order valence-electron chi connectivity index (χ1n) is 11.5. The molecule has 0 bridgehead atoms. The highest BCUT2D eigenvalue weighted by Crippen LogP contribution is 2.24. The van der Waals surface area contributed by atoms with Crippen LogP contribution in [0.25, 0.3) is 16.7 Å². The van der Waals surface area contributed by atoms with E-state index in [1.54, 1.807) is 6.92 Å². The van der Waals surface area contributed by atoms with E-state index < -0.39 is 6.10 Å². The van der Waals surface area contributed by atoms with Crippen molar-refractivity contribution in [1.82, 2.24) is 0 Å². The summed E-state index contributed by atoms with van der Waals surface area (Å²) in [5.74, 6) is 0.456. The highest BCUT2D eigenvalue weighted by atomic mass is 79.9. The molecular formula is C29H31BrO4. The lowest BCUT2D eigenvalue weighted by atomic mass is 10.0. The van der Waals surface area contributed by atoms with Crippen molar-refractivity contribution in [1.29, 1.82) is 0 Å². The molecule has 0 spiro atoms. The molecular weight excluding hydrogens is 492 g/mol. The van der Waals surface area contributed by atoms with Gasteiger partial charge in [-0.05, 0) is 78.9 Å². The van der Waals surface area contributed by atoms with Crippen LogP contribution in [0.15, 0.2) is 83.3 Å². The van der Waals surface area contributed by atoms with Crippen molar-refractivity contribution < 1.29 is 19.0 Å². The second kappa shape index (κ2) is 13.1. The average Bonchev–Trinajstić information content (AvgIpc) is 2.85. The highest BCUT2D eigenvalue weighted by molar-refractivity contribution is 9.10. The highest BCUT2D eigenvalue weighted by Gasteiger charge is 2.20. The summed E-state index contributed by atoms with van der Waals surface area (Å²) in [4.78, 5) is 12.0. The summed E-state index contributed by atoms with van der Waals surface area (Å²) in [5, 5.41) is 0. The molecule has 0 aliphatic rings. The van der Waals surface area contributed by atoms with Gasteiger partial charge in [-0.3, -0.25) is 0 Å². The standard InChI is InChI=1S/C29H31BrO4/c1-4-32-28(29(31)33-5-2)20-22-6-16-27(17-7-22)34-19-18-21(3)23-8-10-24(11-9-23)25-12-14-26(30)15-13-25/h6-18,28H,4-5,19-20H2,1-3H3/b21-18-/t28-/m0/s1. The fourth-order valence-electron chi connectivity index (χ4n) is 3.53. The van der Waals surface area contributed by atoms with Crippen molar-refractivity contribution in [2.75, 3.05) is 19.8 Å². The smallest absolute Gasteiger partial charge is 0.335 e. The van der Waals surface area contributed by atoms with E-state index in [0.29, 0.717) is 26.2 Å². The van der Waals surface area contributed by atoms with Crippen molar-refractivity contribution in [3.63, 3.8) is 0 Å². The molecule has 0 N–H and O–H groups in total. The van der Waals surface area contributed by atoms with Gasteiger partial charge in [-0.15, -0.1) is 0 Å². The summed E-state index contributed by atoms with van der Waals surface area (Å²) in [6.07, 6.45) is 1.97. The lowest BCUT2D eigenvalue weighted by Crippen LogP contribution is -2.28. The largest absolute Gasteiger partial charge is 0.490 e. The van der Waals surface area contributed by atoms with Gasteiger partial charge in [-0.25, -0.2) is 4.79 Å².